The molecule has 2 aromatic rings. The Morgan fingerprint density at radius 2 is 1.63 bits per heavy atom. The molecule has 1 unspecified atom stereocenters. The number of sulfonamides is 1. The fourth-order valence-corrected chi connectivity index (χ4v) is 7.97. The second kappa shape index (κ2) is 17.9. The number of aliphatic hydroxyl groups is 1. The molecule has 0 fully saturated rings. The first-order valence-electron chi connectivity index (χ1n) is 17.1. The van der Waals surface area contributed by atoms with Crippen LogP contribution in [0.2, 0.25) is 0 Å². The van der Waals surface area contributed by atoms with E-state index in [0.29, 0.717) is 32.5 Å². The lowest BCUT2D eigenvalue weighted by atomic mass is 9.63. The molecule has 0 heterocycles. The Labute approximate surface area is 290 Å². The first-order chi connectivity index (χ1) is 23.1. The molecule has 1 aliphatic rings. The van der Waals surface area contributed by atoms with E-state index in [-0.39, 0.29) is 53.8 Å². The fraction of sp³-hybridized carbons (Fsp3) is 0.514. The van der Waals surface area contributed by atoms with Crippen molar-refractivity contribution in [1.29, 1.82) is 0 Å². The van der Waals surface area contributed by atoms with Gasteiger partial charge in [0.25, 0.3) is 0 Å². The Hall–Kier alpha value is -3.61. The highest BCUT2D eigenvalue weighted by atomic mass is 32.2. The summed E-state index contributed by atoms with van der Waals surface area (Å²) in [5.74, 6) is -4.55. The molecule has 0 aromatic heterocycles. The summed E-state index contributed by atoms with van der Waals surface area (Å²) in [4.78, 5) is 29.4. The van der Waals surface area contributed by atoms with Crippen molar-refractivity contribution < 1.29 is 31.9 Å². The number of rotatable bonds is 19. The third kappa shape index (κ3) is 11.2. The molecule has 0 spiro atoms. The fourth-order valence-electron chi connectivity index (χ4n) is 6.53. The van der Waals surface area contributed by atoms with Gasteiger partial charge in [-0.2, -0.15) is 0 Å². The van der Waals surface area contributed by atoms with Gasteiger partial charge in [0.1, 0.15) is 11.6 Å². The number of hydrogen-bond acceptors (Lipinski definition) is 6. The second-order valence-electron chi connectivity index (χ2n) is 13.4. The number of nitrogens with one attached hydrogen (secondary N) is 2. The highest BCUT2D eigenvalue weighted by molar-refractivity contribution is 7.89. The third-order valence-corrected chi connectivity index (χ3v) is 10.3. The predicted octanol–water partition coefficient (Wildman–Crippen LogP) is 4.75. The summed E-state index contributed by atoms with van der Waals surface area (Å²) in [5.41, 5.74) is 6.73. The molecule has 2 amide bonds. The van der Waals surface area contributed by atoms with E-state index in [9.17, 15) is 31.9 Å². The number of amides is 2. The van der Waals surface area contributed by atoms with Crippen molar-refractivity contribution >= 4 is 21.8 Å². The van der Waals surface area contributed by atoms with Crippen LogP contribution in [-0.2, 0) is 39.0 Å². The topological polar surface area (TPSA) is 142 Å². The van der Waals surface area contributed by atoms with E-state index in [0.717, 1.165) is 35.7 Å². The van der Waals surface area contributed by atoms with Crippen molar-refractivity contribution in [1.82, 2.24) is 14.9 Å². The van der Waals surface area contributed by atoms with E-state index in [1.165, 1.54) is 12.2 Å². The van der Waals surface area contributed by atoms with E-state index < -0.39 is 45.0 Å². The van der Waals surface area contributed by atoms with Crippen LogP contribution >= 0.6 is 0 Å². The molecule has 49 heavy (non-hydrogen) atoms. The first kappa shape index (κ1) is 39.8. The maximum Gasteiger partial charge on any atom is 0.249 e. The van der Waals surface area contributed by atoms with Crippen LogP contribution in [0, 0.1) is 28.9 Å². The molecule has 5 N–H and O–H groups in total. The van der Waals surface area contributed by atoms with Crippen LogP contribution in [0.5, 0.6) is 0 Å². The zero-order valence-corrected chi connectivity index (χ0v) is 30.1. The molecule has 2 aromatic carbocycles. The number of carbonyl (C=O) groups is 2. The van der Waals surface area contributed by atoms with Gasteiger partial charge in [0.2, 0.25) is 21.8 Å². The Balaban J connectivity index is 2.15. The minimum atomic E-state index is -3.93. The molecule has 9 nitrogen and oxygen atoms in total. The molecular formula is C37H52F2N4O5S. The van der Waals surface area contributed by atoms with E-state index in [1.54, 1.807) is 18.7 Å². The average Bonchev–Trinajstić information content (AvgIpc) is 3.01. The van der Waals surface area contributed by atoms with Gasteiger partial charge >= 0.3 is 0 Å². The monoisotopic (exact) mass is 702 g/mol. The van der Waals surface area contributed by atoms with Gasteiger partial charge < -0.3 is 21.1 Å². The Morgan fingerprint density at radius 3 is 2.20 bits per heavy atom. The lowest BCUT2D eigenvalue weighted by Crippen LogP contribution is -2.52. The van der Waals surface area contributed by atoms with Crippen LogP contribution in [-0.4, -0.2) is 61.7 Å². The number of carbonyl (C=O) groups excluding carboxylic acids is 2. The number of benzene rings is 2. The first-order valence-corrected chi connectivity index (χ1v) is 18.7. The number of hydrogen-bond donors (Lipinski definition) is 4. The molecule has 0 bridgehead atoms. The van der Waals surface area contributed by atoms with Gasteiger partial charge in [-0.05, 0) is 79.0 Å². The zero-order valence-electron chi connectivity index (χ0n) is 29.3. The van der Waals surface area contributed by atoms with Gasteiger partial charge in [0.15, 0.2) is 0 Å². The van der Waals surface area contributed by atoms with Crippen molar-refractivity contribution in [3.8, 4) is 0 Å². The molecule has 0 saturated heterocycles. The quantitative estimate of drug-likeness (QED) is 0.167. The van der Waals surface area contributed by atoms with E-state index in [1.807, 2.05) is 45.0 Å². The molecule has 270 valence electrons. The predicted molar refractivity (Wildman–Crippen MR) is 188 cm³/mol. The largest absolute Gasteiger partial charge is 0.391 e. The number of allylic oxidation sites excluding steroid dienone is 1. The second-order valence-corrected chi connectivity index (χ2v) is 15.1. The minimum absolute atomic E-state index is 0.0334. The molecule has 0 saturated carbocycles. The zero-order chi connectivity index (χ0) is 36.4. The van der Waals surface area contributed by atoms with Crippen molar-refractivity contribution in [3.63, 3.8) is 0 Å². The molecule has 0 aliphatic heterocycles. The van der Waals surface area contributed by atoms with Crippen LogP contribution in [0.4, 0.5) is 8.78 Å². The van der Waals surface area contributed by atoms with Crippen molar-refractivity contribution in [2.24, 2.45) is 23.0 Å². The number of nitrogens with two attached hydrogens (primary N) is 1. The number of nitrogens with zero attached hydrogens (tertiary/aromatic N) is 1. The standard InChI is InChI=1S/C37H52F2N4O5S/c1-6-12-43(13-7-2)35(45)29-18-32(42-49(47,48)24-25(4)5)21-37(20-29,36(40)46)33(17-28-15-30(38)19-31(39)16-28)34(44)23-41-22-27-11-9-10-26(8-3)14-27/h9-11,14-16,18-19,21,25,33-34,41-42,44H,6-8,12-13,17,20,22-24H2,1-5H3,(H2,40,46)/t33-,34+,37?/m1/s1. The number of primary amides is 1. The lowest BCUT2D eigenvalue weighted by molar-refractivity contribution is -0.132. The molecule has 3 rings (SSSR count). The van der Waals surface area contributed by atoms with Gasteiger partial charge in [-0.3, -0.25) is 14.3 Å². The Kier molecular flexibility index (Phi) is 14.5. The van der Waals surface area contributed by atoms with Crippen LogP contribution in [0.15, 0.2) is 65.9 Å². The smallest absolute Gasteiger partial charge is 0.249 e. The van der Waals surface area contributed by atoms with Crippen LogP contribution in [0.3, 0.4) is 0 Å². The summed E-state index contributed by atoms with van der Waals surface area (Å²) in [7, 11) is -3.93. The summed E-state index contributed by atoms with van der Waals surface area (Å²) < 4.78 is 57.7. The van der Waals surface area contributed by atoms with Crippen LogP contribution in [0.25, 0.3) is 0 Å². The summed E-state index contributed by atoms with van der Waals surface area (Å²) in [6.45, 7) is 10.6. The summed E-state index contributed by atoms with van der Waals surface area (Å²) in [6, 6.07) is 10.9. The molecule has 1 aliphatic carbocycles. The normalized spacial score (nSPS) is 17.7. The number of aryl methyl sites for hydroxylation is 1. The van der Waals surface area contributed by atoms with Crippen LogP contribution in [0.1, 0.15) is 70.6 Å². The maximum atomic E-state index is 14.4. The van der Waals surface area contributed by atoms with Gasteiger partial charge in [-0.25, -0.2) is 17.2 Å². The van der Waals surface area contributed by atoms with Gasteiger partial charge in [-0.1, -0.05) is 58.9 Å². The SMILES string of the molecule is CCCN(CCC)C(=O)C1=CC(NS(=O)(=O)CC(C)C)=CC(C(N)=O)([C@H](Cc2cc(F)cc(F)c2)[C@@H](O)CNCc2cccc(CC)c2)C1. The highest BCUT2D eigenvalue weighted by Gasteiger charge is 2.49. The Bertz CT molecular complexity index is 1600. The van der Waals surface area contributed by atoms with E-state index in [4.69, 9.17) is 5.73 Å². The highest BCUT2D eigenvalue weighted by Crippen LogP contribution is 2.44. The number of halogens is 2. The minimum Gasteiger partial charge on any atom is -0.391 e. The van der Waals surface area contributed by atoms with E-state index >= 15 is 0 Å². The summed E-state index contributed by atoms with van der Waals surface area (Å²) >= 11 is 0. The molecule has 12 heteroatoms. The summed E-state index contributed by atoms with van der Waals surface area (Å²) in [5, 5.41) is 15.1. The summed E-state index contributed by atoms with van der Waals surface area (Å²) in [6.07, 6.45) is 3.19. The Morgan fingerprint density at radius 1 is 1.00 bits per heavy atom. The van der Waals surface area contributed by atoms with Gasteiger partial charge in [0.05, 0.1) is 17.3 Å². The number of aliphatic hydroxyl groups excluding tert-OH is 1. The van der Waals surface area contributed by atoms with E-state index in [2.05, 4.69) is 10.0 Å². The van der Waals surface area contributed by atoms with Gasteiger partial charge in [0, 0.05) is 49.4 Å². The molecule has 0 radical (unpaired) electrons. The van der Waals surface area contributed by atoms with Gasteiger partial charge in [-0.15, -0.1) is 0 Å². The lowest BCUT2D eigenvalue weighted by Gasteiger charge is -2.42. The maximum absolute atomic E-state index is 14.4. The van der Waals surface area contributed by atoms with Crippen molar-refractivity contribution in [2.45, 2.75) is 79.4 Å². The molecular weight excluding hydrogens is 650 g/mol. The average molecular weight is 703 g/mol. The van der Waals surface area contributed by atoms with Crippen molar-refractivity contribution in [2.75, 3.05) is 25.4 Å². The van der Waals surface area contributed by atoms with Crippen LogP contribution < -0.4 is 15.8 Å². The third-order valence-electron chi connectivity index (χ3n) is 8.65. The van der Waals surface area contributed by atoms with Crippen molar-refractivity contribution in [3.05, 3.63) is 94.2 Å². The molecule has 3 atom stereocenters.